The van der Waals surface area contributed by atoms with E-state index in [1.807, 2.05) is 52.0 Å². The lowest BCUT2D eigenvalue weighted by molar-refractivity contribution is 0.565. The number of halogens is 1. The molecule has 5 heteroatoms. The highest BCUT2D eigenvalue weighted by atomic mass is 35.5. The van der Waals surface area contributed by atoms with Gasteiger partial charge in [0.1, 0.15) is 0 Å². The molecular weight excluding hydrogens is 318 g/mol. The standard InChI is InChI=1S/C17H20ClNO2S/c1-11-9-12(2)17(13(3)10-11)22(20,21)19-14(4)15-5-7-16(18)8-6-15/h5-10,14,19H,1-4H3. The van der Waals surface area contributed by atoms with E-state index in [9.17, 15) is 8.42 Å². The highest BCUT2D eigenvalue weighted by molar-refractivity contribution is 7.89. The third-order valence-corrected chi connectivity index (χ3v) is 5.67. The molecule has 0 spiro atoms. The van der Waals surface area contributed by atoms with Gasteiger partial charge in [0.15, 0.2) is 0 Å². The van der Waals surface area contributed by atoms with Crippen LogP contribution in [0.25, 0.3) is 0 Å². The Morgan fingerprint density at radius 3 is 2.00 bits per heavy atom. The molecule has 0 aliphatic carbocycles. The first kappa shape index (κ1) is 17.0. The van der Waals surface area contributed by atoms with Crippen LogP contribution in [0.2, 0.25) is 5.02 Å². The maximum atomic E-state index is 12.7. The Morgan fingerprint density at radius 1 is 1.00 bits per heavy atom. The molecule has 0 bridgehead atoms. The van der Waals surface area contributed by atoms with Gasteiger partial charge in [0.2, 0.25) is 10.0 Å². The van der Waals surface area contributed by atoms with Crippen LogP contribution in [0.4, 0.5) is 0 Å². The number of benzene rings is 2. The summed E-state index contributed by atoms with van der Waals surface area (Å²) in [6.07, 6.45) is 0. The van der Waals surface area contributed by atoms with Crippen LogP contribution < -0.4 is 4.72 Å². The van der Waals surface area contributed by atoms with Gasteiger partial charge >= 0.3 is 0 Å². The van der Waals surface area contributed by atoms with E-state index in [1.165, 1.54) is 0 Å². The SMILES string of the molecule is Cc1cc(C)c(S(=O)(=O)NC(C)c2ccc(Cl)cc2)c(C)c1. The summed E-state index contributed by atoms with van der Waals surface area (Å²) in [6, 6.07) is 10.6. The summed E-state index contributed by atoms with van der Waals surface area (Å²) in [5, 5.41) is 0.629. The maximum Gasteiger partial charge on any atom is 0.241 e. The summed E-state index contributed by atoms with van der Waals surface area (Å²) >= 11 is 5.86. The number of nitrogens with one attached hydrogen (secondary N) is 1. The molecule has 0 amide bonds. The highest BCUT2D eigenvalue weighted by Gasteiger charge is 2.22. The second-order valence-corrected chi connectivity index (χ2v) is 7.71. The zero-order valence-electron chi connectivity index (χ0n) is 13.1. The zero-order chi connectivity index (χ0) is 16.5. The van der Waals surface area contributed by atoms with Crippen LogP contribution in [-0.2, 0) is 10.0 Å². The third kappa shape index (κ3) is 3.69. The van der Waals surface area contributed by atoms with Gasteiger partial charge in [-0.3, -0.25) is 0 Å². The predicted octanol–water partition coefficient (Wildman–Crippen LogP) is 4.30. The average molecular weight is 338 g/mol. The van der Waals surface area contributed by atoms with E-state index in [0.717, 1.165) is 22.3 Å². The van der Waals surface area contributed by atoms with Crippen LogP contribution in [0.3, 0.4) is 0 Å². The van der Waals surface area contributed by atoms with Gasteiger partial charge in [0.05, 0.1) is 4.90 Å². The molecule has 0 saturated heterocycles. The number of aryl methyl sites for hydroxylation is 3. The average Bonchev–Trinajstić information content (AvgIpc) is 2.36. The van der Waals surface area contributed by atoms with E-state index in [4.69, 9.17) is 11.6 Å². The number of hydrogen-bond acceptors (Lipinski definition) is 2. The quantitative estimate of drug-likeness (QED) is 0.903. The maximum absolute atomic E-state index is 12.7. The fourth-order valence-corrected chi connectivity index (χ4v) is 4.51. The molecule has 22 heavy (non-hydrogen) atoms. The minimum absolute atomic E-state index is 0.331. The molecular formula is C17H20ClNO2S. The first-order valence-corrected chi connectivity index (χ1v) is 8.92. The van der Waals surface area contributed by atoms with Crippen molar-refractivity contribution >= 4 is 21.6 Å². The van der Waals surface area contributed by atoms with E-state index in [0.29, 0.717) is 9.92 Å². The summed E-state index contributed by atoms with van der Waals surface area (Å²) in [6.45, 7) is 7.42. The van der Waals surface area contributed by atoms with Gasteiger partial charge in [0.25, 0.3) is 0 Å². The molecule has 0 aliphatic rings. The van der Waals surface area contributed by atoms with E-state index >= 15 is 0 Å². The van der Waals surface area contributed by atoms with Crippen LogP contribution >= 0.6 is 11.6 Å². The van der Waals surface area contributed by atoms with Crippen LogP contribution in [-0.4, -0.2) is 8.42 Å². The smallest absolute Gasteiger partial charge is 0.207 e. The molecule has 2 aromatic carbocycles. The van der Waals surface area contributed by atoms with Crippen molar-refractivity contribution in [3.8, 4) is 0 Å². The molecule has 0 aliphatic heterocycles. The Labute approximate surface area is 137 Å². The van der Waals surface area contributed by atoms with Gasteiger partial charge in [-0.2, -0.15) is 0 Å². The summed E-state index contributed by atoms with van der Waals surface area (Å²) in [7, 11) is -3.58. The Morgan fingerprint density at radius 2 is 1.50 bits per heavy atom. The van der Waals surface area contributed by atoms with E-state index in [-0.39, 0.29) is 6.04 Å². The van der Waals surface area contributed by atoms with Crippen LogP contribution in [0.15, 0.2) is 41.3 Å². The number of hydrogen-bond donors (Lipinski definition) is 1. The molecule has 3 nitrogen and oxygen atoms in total. The van der Waals surface area contributed by atoms with E-state index < -0.39 is 10.0 Å². The Hall–Kier alpha value is -1.36. The van der Waals surface area contributed by atoms with Gasteiger partial charge in [-0.1, -0.05) is 41.4 Å². The van der Waals surface area contributed by atoms with Gasteiger partial charge in [-0.05, 0) is 56.5 Å². The van der Waals surface area contributed by atoms with E-state index in [1.54, 1.807) is 12.1 Å². The van der Waals surface area contributed by atoms with Crippen LogP contribution in [0.1, 0.15) is 35.2 Å². The van der Waals surface area contributed by atoms with Crippen LogP contribution in [0, 0.1) is 20.8 Å². The second-order valence-electron chi connectivity index (χ2n) is 5.62. The molecule has 1 unspecified atom stereocenters. The Kier molecular flexibility index (Phi) is 4.95. The predicted molar refractivity (Wildman–Crippen MR) is 90.8 cm³/mol. The summed E-state index contributed by atoms with van der Waals surface area (Å²) in [4.78, 5) is 0.360. The molecule has 118 valence electrons. The fraction of sp³-hybridized carbons (Fsp3) is 0.294. The van der Waals surface area contributed by atoms with Crippen molar-refractivity contribution in [3.05, 3.63) is 63.7 Å². The summed E-state index contributed by atoms with van der Waals surface area (Å²) in [5.74, 6) is 0. The van der Waals surface area contributed by atoms with Crippen molar-refractivity contribution in [2.24, 2.45) is 0 Å². The zero-order valence-corrected chi connectivity index (χ0v) is 14.7. The van der Waals surface area contributed by atoms with Crippen LogP contribution in [0.5, 0.6) is 0 Å². The third-order valence-electron chi connectivity index (χ3n) is 3.58. The molecule has 0 fully saturated rings. The molecule has 1 N–H and O–H groups in total. The van der Waals surface area contributed by atoms with Crippen molar-refractivity contribution in [2.75, 3.05) is 0 Å². The normalized spacial score (nSPS) is 13.1. The van der Waals surface area contributed by atoms with Gasteiger partial charge < -0.3 is 0 Å². The van der Waals surface area contributed by atoms with Crippen molar-refractivity contribution in [1.82, 2.24) is 4.72 Å². The number of rotatable bonds is 4. The largest absolute Gasteiger partial charge is 0.241 e. The second kappa shape index (κ2) is 6.41. The minimum Gasteiger partial charge on any atom is -0.207 e. The molecule has 0 heterocycles. The number of sulfonamides is 1. The van der Waals surface area contributed by atoms with Gasteiger partial charge in [-0.15, -0.1) is 0 Å². The Bertz CT molecular complexity index is 760. The van der Waals surface area contributed by atoms with Crippen molar-refractivity contribution in [2.45, 2.75) is 38.6 Å². The molecule has 0 saturated carbocycles. The molecule has 1 atom stereocenters. The first-order valence-electron chi connectivity index (χ1n) is 7.06. The molecule has 0 aromatic heterocycles. The monoisotopic (exact) mass is 337 g/mol. The summed E-state index contributed by atoms with van der Waals surface area (Å²) < 4.78 is 28.1. The van der Waals surface area contributed by atoms with Crippen molar-refractivity contribution in [3.63, 3.8) is 0 Å². The van der Waals surface area contributed by atoms with Crippen molar-refractivity contribution < 1.29 is 8.42 Å². The lowest BCUT2D eigenvalue weighted by atomic mass is 10.1. The van der Waals surface area contributed by atoms with Crippen molar-refractivity contribution in [1.29, 1.82) is 0 Å². The molecule has 0 radical (unpaired) electrons. The highest BCUT2D eigenvalue weighted by Crippen LogP contribution is 2.24. The van der Waals surface area contributed by atoms with E-state index in [2.05, 4.69) is 4.72 Å². The topological polar surface area (TPSA) is 46.2 Å². The summed E-state index contributed by atoms with van der Waals surface area (Å²) in [5.41, 5.74) is 3.44. The fourth-order valence-electron chi connectivity index (χ4n) is 2.70. The molecule has 2 rings (SSSR count). The molecule has 2 aromatic rings. The van der Waals surface area contributed by atoms with Gasteiger partial charge in [-0.25, -0.2) is 13.1 Å². The minimum atomic E-state index is -3.58. The lowest BCUT2D eigenvalue weighted by Crippen LogP contribution is -2.28. The Balaban J connectivity index is 2.34. The first-order chi connectivity index (χ1) is 10.2. The van der Waals surface area contributed by atoms with Gasteiger partial charge in [0, 0.05) is 11.1 Å². The lowest BCUT2D eigenvalue weighted by Gasteiger charge is -2.18.